The molecule has 43 heavy (non-hydrogen) atoms. The molecule has 0 spiro atoms. The highest BCUT2D eigenvalue weighted by Gasteiger charge is 2.41. The molecule has 0 amide bonds. The van der Waals surface area contributed by atoms with E-state index in [-0.39, 0.29) is 11.8 Å². The average molecular weight is 580 g/mol. The number of ether oxygens (including phenoxy) is 1. The fraction of sp³-hybridized carbons (Fsp3) is 0.474. The summed E-state index contributed by atoms with van der Waals surface area (Å²) < 4.78 is 9.62. The number of nitrogens with zero attached hydrogens (tertiary/aromatic N) is 2. The Hall–Kier alpha value is -3.60. The van der Waals surface area contributed by atoms with Crippen LogP contribution in [-0.4, -0.2) is 37.3 Å². The van der Waals surface area contributed by atoms with E-state index in [9.17, 15) is 9.90 Å². The van der Waals surface area contributed by atoms with Crippen molar-refractivity contribution in [3.8, 4) is 11.5 Å². The zero-order valence-electron chi connectivity index (χ0n) is 27.9. The number of fused-ring (bicyclic) bond motifs is 6. The molecular formula is C38H47N2O3+. The molecule has 3 aromatic carbocycles. The Morgan fingerprint density at radius 1 is 0.814 bits per heavy atom. The third kappa shape index (κ3) is 3.89. The Morgan fingerprint density at radius 3 is 2.09 bits per heavy atom. The van der Waals surface area contributed by atoms with Crippen LogP contribution >= 0.6 is 0 Å². The van der Waals surface area contributed by atoms with Crippen molar-refractivity contribution in [3.63, 3.8) is 0 Å². The topological polar surface area (TPSA) is 52.8 Å². The average Bonchev–Trinajstić information content (AvgIpc) is 2.98. The lowest BCUT2D eigenvalue weighted by Crippen LogP contribution is -2.47. The van der Waals surface area contributed by atoms with E-state index in [1.165, 1.54) is 22.2 Å². The van der Waals surface area contributed by atoms with Crippen molar-refractivity contribution in [2.75, 3.05) is 19.0 Å². The van der Waals surface area contributed by atoms with Gasteiger partial charge in [0.2, 0.25) is 5.36 Å². The maximum absolute atomic E-state index is 13.1. The molecule has 0 fully saturated rings. The Morgan fingerprint density at radius 2 is 1.44 bits per heavy atom. The molecule has 5 nitrogen and oxygen atoms in total. The van der Waals surface area contributed by atoms with Crippen LogP contribution in [0, 0.1) is 39.5 Å². The maximum Gasteiger partial charge on any atom is 0.336 e. The van der Waals surface area contributed by atoms with Gasteiger partial charge in [0, 0.05) is 64.2 Å². The molecule has 6 rings (SSSR count). The van der Waals surface area contributed by atoms with Gasteiger partial charge in [-0.3, -0.25) is 0 Å². The number of aromatic carboxylic acids is 1. The maximum atomic E-state index is 13.1. The van der Waals surface area contributed by atoms with Gasteiger partial charge < -0.3 is 14.7 Å². The van der Waals surface area contributed by atoms with Gasteiger partial charge >= 0.3 is 5.97 Å². The van der Waals surface area contributed by atoms with Gasteiger partial charge in [0.25, 0.3) is 0 Å². The van der Waals surface area contributed by atoms with Gasteiger partial charge in [0.15, 0.2) is 6.04 Å². The minimum absolute atomic E-state index is 0.277. The third-order valence-corrected chi connectivity index (χ3v) is 12.2. The van der Waals surface area contributed by atoms with Crippen LogP contribution < -0.4 is 24.8 Å². The van der Waals surface area contributed by atoms with E-state index >= 15 is 0 Å². The lowest BCUT2D eigenvalue weighted by molar-refractivity contribution is 0.0695. The van der Waals surface area contributed by atoms with Gasteiger partial charge in [-0.2, -0.15) is 0 Å². The highest BCUT2D eigenvalue weighted by atomic mass is 16.5. The Kier molecular flexibility index (Phi) is 6.83. The zero-order chi connectivity index (χ0) is 31.4. The number of rotatable bonds is 2. The molecule has 6 atom stereocenters. The summed E-state index contributed by atoms with van der Waals surface area (Å²) in [6, 6.07) is 9.59. The second-order valence-corrected chi connectivity index (χ2v) is 13.8. The summed E-state index contributed by atoms with van der Waals surface area (Å²) in [5.74, 6) is 2.29. The third-order valence-electron chi connectivity index (χ3n) is 12.2. The molecule has 0 radical (unpaired) electrons. The fourth-order valence-corrected chi connectivity index (χ4v) is 8.20. The summed E-state index contributed by atoms with van der Waals surface area (Å²) in [6.07, 6.45) is 0. The van der Waals surface area contributed by atoms with E-state index in [2.05, 4.69) is 103 Å². The predicted octanol–water partition coefficient (Wildman–Crippen LogP) is 6.81. The van der Waals surface area contributed by atoms with Crippen LogP contribution in [0.25, 0.3) is 5.57 Å². The predicted molar refractivity (Wildman–Crippen MR) is 176 cm³/mol. The lowest BCUT2D eigenvalue weighted by atomic mass is 9.75. The molecule has 226 valence electrons. The first-order valence-electron chi connectivity index (χ1n) is 15.9. The zero-order valence-corrected chi connectivity index (χ0v) is 27.9. The monoisotopic (exact) mass is 579 g/mol. The summed E-state index contributed by atoms with van der Waals surface area (Å²) in [5.41, 5.74) is 10.8. The number of hydrogen-bond donors (Lipinski definition) is 1. The van der Waals surface area contributed by atoms with Gasteiger partial charge in [-0.25, -0.2) is 9.37 Å². The van der Waals surface area contributed by atoms with Crippen molar-refractivity contribution in [1.82, 2.24) is 4.58 Å². The SMILES string of the molecule is Cc1c(C)c(C)c(C2=c3ccc4c(c3Oc3c2ccc2c3C(C)C(C)C(C)N2C)C(C)C(C)C(C)[N+]=4C)c(C(=O)O)c1C. The van der Waals surface area contributed by atoms with Crippen molar-refractivity contribution in [3.05, 3.63) is 84.9 Å². The number of carboxylic acids is 1. The molecule has 1 N–H and O–H groups in total. The lowest BCUT2D eigenvalue weighted by Gasteiger charge is -2.44. The Labute approximate surface area is 256 Å². The number of benzene rings is 3. The van der Waals surface area contributed by atoms with Crippen LogP contribution in [0.1, 0.15) is 108 Å². The summed E-state index contributed by atoms with van der Waals surface area (Å²) >= 11 is 0. The van der Waals surface area contributed by atoms with E-state index in [1.54, 1.807) is 0 Å². The van der Waals surface area contributed by atoms with Crippen molar-refractivity contribution >= 4 is 17.2 Å². The Bertz CT molecular complexity index is 1850. The van der Waals surface area contributed by atoms with E-state index in [1.807, 2.05) is 13.8 Å². The summed E-state index contributed by atoms with van der Waals surface area (Å²) in [7, 11) is 4.36. The van der Waals surface area contributed by atoms with Gasteiger partial charge in [0.05, 0.1) is 11.1 Å². The highest BCUT2D eigenvalue weighted by molar-refractivity contribution is 6.01. The highest BCUT2D eigenvalue weighted by Crippen LogP contribution is 2.52. The molecule has 0 saturated heterocycles. The normalized spacial score (nSPS) is 25.9. The molecule has 6 unspecified atom stereocenters. The molecule has 3 aliphatic rings. The van der Waals surface area contributed by atoms with Crippen LogP contribution in [0.15, 0.2) is 24.3 Å². The summed E-state index contributed by atoms with van der Waals surface area (Å²) in [6.45, 7) is 22.1. The molecular weight excluding hydrogens is 532 g/mol. The number of carbonyl (C=O) groups is 1. The van der Waals surface area contributed by atoms with Gasteiger partial charge in [0.1, 0.15) is 18.5 Å². The fourth-order valence-electron chi connectivity index (χ4n) is 8.20. The van der Waals surface area contributed by atoms with E-state index in [0.29, 0.717) is 29.5 Å². The standard InChI is InChI=1S/C38H46N2O3/c1-17-18(2)22(6)34(38(41)42)33(21(17)5)35-27-13-15-29-31(23(7)19(3)25(9)39(29)11)36(27)43-37-28(35)14-16-30-32(37)24(8)20(4)26(10)40(30)12/h13-16,19-20,23-26H,1-12H3/p+1. The molecule has 0 aromatic heterocycles. The van der Waals surface area contributed by atoms with Gasteiger partial charge in [-0.1, -0.05) is 27.7 Å². The minimum Gasteiger partial charge on any atom is -0.478 e. The van der Waals surface area contributed by atoms with Crippen molar-refractivity contribution in [1.29, 1.82) is 0 Å². The number of anilines is 1. The Balaban J connectivity index is 1.85. The second-order valence-electron chi connectivity index (χ2n) is 13.8. The van der Waals surface area contributed by atoms with Crippen LogP contribution in [0.4, 0.5) is 5.69 Å². The van der Waals surface area contributed by atoms with E-state index in [0.717, 1.165) is 55.7 Å². The quantitative estimate of drug-likeness (QED) is 0.265. The summed E-state index contributed by atoms with van der Waals surface area (Å²) in [4.78, 5) is 15.5. The first-order chi connectivity index (χ1) is 20.2. The van der Waals surface area contributed by atoms with Crippen LogP contribution in [0.2, 0.25) is 0 Å². The van der Waals surface area contributed by atoms with Crippen molar-refractivity contribution in [2.45, 2.75) is 93.2 Å². The summed E-state index contributed by atoms with van der Waals surface area (Å²) in [5, 5.41) is 12.9. The first-order valence-corrected chi connectivity index (χ1v) is 15.9. The first kappa shape index (κ1) is 29.5. The van der Waals surface area contributed by atoms with E-state index in [4.69, 9.17) is 4.74 Å². The van der Waals surface area contributed by atoms with Gasteiger partial charge in [-0.15, -0.1) is 0 Å². The van der Waals surface area contributed by atoms with Crippen LogP contribution in [0.3, 0.4) is 0 Å². The number of carboxylic acid groups (broad SMARTS) is 1. The van der Waals surface area contributed by atoms with Crippen LogP contribution in [-0.2, 0) is 0 Å². The van der Waals surface area contributed by atoms with Crippen molar-refractivity contribution < 1.29 is 14.6 Å². The molecule has 0 saturated carbocycles. The number of hydrogen-bond acceptors (Lipinski definition) is 3. The van der Waals surface area contributed by atoms with Gasteiger partial charge in [-0.05, 0) is 93.8 Å². The molecule has 0 aliphatic carbocycles. The molecule has 3 heterocycles. The van der Waals surface area contributed by atoms with Crippen molar-refractivity contribution in [2.24, 2.45) is 11.8 Å². The van der Waals surface area contributed by atoms with Crippen LogP contribution in [0.5, 0.6) is 11.5 Å². The second kappa shape index (κ2) is 9.97. The smallest absolute Gasteiger partial charge is 0.336 e. The largest absolute Gasteiger partial charge is 0.478 e. The molecule has 3 aromatic rings. The minimum atomic E-state index is -0.886. The molecule has 3 aliphatic heterocycles. The van der Waals surface area contributed by atoms with E-state index < -0.39 is 5.97 Å². The molecule has 5 heteroatoms. The molecule has 0 bridgehead atoms.